The molecule has 2 rings (SSSR count). The van der Waals surface area contributed by atoms with Crippen molar-refractivity contribution in [1.29, 1.82) is 0 Å². The van der Waals surface area contributed by atoms with Crippen molar-refractivity contribution < 1.29 is 17.9 Å². The van der Waals surface area contributed by atoms with E-state index in [4.69, 9.17) is 4.74 Å². The molecule has 0 radical (unpaired) electrons. The quantitative estimate of drug-likeness (QED) is 0.746. The van der Waals surface area contributed by atoms with Gasteiger partial charge < -0.3 is 15.4 Å². The molecule has 1 aromatic heterocycles. The molecule has 2 aromatic rings. The molecule has 2 N–H and O–H groups in total. The first-order chi connectivity index (χ1) is 11.4. The van der Waals surface area contributed by atoms with Crippen LogP contribution in [-0.4, -0.2) is 30.2 Å². The number of rotatable bonds is 7. The van der Waals surface area contributed by atoms with Crippen molar-refractivity contribution in [3.63, 3.8) is 0 Å². The summed E-state index contributed by atoms with van der Waals surface area (Å²) >= 11 is 0. The largest absolute Gasteiger partial charge is 0.418 e. The van der Waals surface area contributed by atoms with Gasteiger partial charge in [0.2, 0.25) is 5.95 Å². The summed E-state index contributed by atoms with van der Waals surface area (Å²) in [4.78, 5) is 8.35. The molecular formula is C16H19F3N4O. The van der Waals surface area contributed by atoms with Gasteiger partial charge in [-0.3, -0.25) is 0 Å². The van der Waals surface area contributed by atoms with Gasteiger partial charge in [0.25, 0.3) is 0 Å². The Morgan fingerprint density at radius 1 is 1.17 bits per heavy atom. The lowest BCUT2D eigenvalue weighted by molar-refractivity contribution is -0.136. The van der Waals surface area contributed by atoms with Crippen LogP contribution in [0.5, 0.6) is 0 Å². The van der Waals surface area contributed by atoms with Crippen molar-refractivity contribution in [1.82, 2.24) is 9.97 Å². The molecular weight excluding hydrogens is 321 g/mol. The third-order valence-electron chi connectivity index (χ3n) is 3.16. The first kappa shape index (κ1) is 18.0. The molecule has 0 saturated carbocycles. The van der Waals surface area contributed by atoms with Crippen LogP contribution in [0.3, 0.4) is 0 Å². The highest BCUT2D eigenvalue weighted by molar-refractivity contribution is 5.60. The first-order valence-electron chi connectivity index (χ1n) is 7.42. The van der Waals surface area contributed by atoms with E-state index in [9.17, 15) is 13.2 Å². The number of nitrogens with zero attached hydrogens (tertiary/aromatic N) is 2. The summed E-state index contributed by atoms with van der Waals surface area (Å²) in [7, 11) is 1.62. The topological polar surface area (TPSA) is 59.1 Å². The van der Waals surface area contributed by atoms with Gasteiger partial charge in [-0.2, -0.15) is 18.2 Å². The Morgan fingerprint density at radius 2 is 1.92 bits per heavy atom. The fraction of sp³-hybridized carbons (Fsp3) is 0.375. The maximum atomic E-state index is 13.0. The SMILES string of the molecule is COCCCNc1cc(C)nc(Nc2ccccc2C(F)(F)F)n1. The number of aromatic nitrogens is 2. The second kappa shape index (κ2) is 7.96. The summed E-state index contributed by atoms with van der Waals surface area (Å²) in [6.45, 7) is 3.01. The fourth-order valence-corrected chi connectivity index (χ4v) is 2.11. The van der Waals surface area contributed by atoms with Crippen LogP contribution in [0, 0.1) is 6.92 Å². The standard InChI is InChI=1S/C16H19F3N4O/c1-11-10-14(20-8-5-9-24-2)23-15(21-11)22-13-7-4-3-6-12(13)16(17,18)19/h3-4,6-7,10H,5,8-9H2,1-2H3,(H2,20,21,22,23). The van der Waals surface area contributed by atoms with Crippen LogP contribution in [0.15, 0.2) is 30.3 Å². The first-order valence-corrected chi connectivity index (χ1v) is 7.42. The van der Waals surface area contributed by atoms with Crippen LogP contribution in [0.25, 0.3) is 0 Å². The van der Waals surface area contributed by atoms with Crippen LogP contribution in [-0.2, 0) is 10.9 Å². The average Bonchev–Trinajstić information content (AvgIpc) is 2.50. The van der Waals surface area contributed by atoms with E-state index in [1.165, 1.54) is 18.2 Å². The number of alkyl halides is 3. The fourth-order valence-electron chi connectivity index (χ4n) is 2.11. The van der Waals surface area contributed by atoms with Gasteiger partial charge >= 0.3 is 6.18 Å². The van der Waals surface area contributed by atoms with Crippen molar-refractivity contribution in [2.45, 2.75) is 19.5 Å². The zero-order chi connectivity index (χ0) is 17.6. The Kier molecular flexibility index (Phi) is 5.97. The summed E-state index contributed by atoms with van der Waals surface area (Å²) < 4.78 is 44.1. The Hall–Kier alpha value is -2.35. The van der Waals surface area contributed by atoms with Crippen LogP contribution in [0.4, 0.5) is 30.6 Å². The van der Waals surface area contributed by atoms with Crippen molar-refractivity contribution in [3.8, 4) is 0 Å². The van der Waals surface area contributed by atoms with Gasteiger partial charge in [0, 0.05) is 32.0 Å². The minimum Gasteiger partial charge on any atom is -0.385 e. The molecule has 0 aliphatic carbocycles. The van der Waals surface area contributed by atoms with Crippen LogP contribution < -0.4 is 10.6 Å². The number of ether oxygens (including phenoxy) is 1. The zero-order valence-electron chi connectivity index (χ0n) is 13.4. The van der Waals surface area contributed by atoms with E-state index in [-0.39, 0.29) is 11.6 Å². The third kappa shape index (κ3) is 5.09. The van der Waals surface area contributed by atoms with Crippen molar-refractivity contribution in [3.05, 3.63) is 41.6 Å². The summed E-state index contributed by atoms with van der Waals surface area (Å²) in [5, 5.41) is 5.75. The molecule has 0 saturated heterocycles. The Morgan fingerprint density at radius 3 is 2.62 bits per heavy atom. The van der Waals surface area contributed by atoms with Gasteiger partial charge in [-0.05, 0) is 25.5 Å². The highest BCUT2D eigenvalue weighted by Gasteiger charge is 2.33. The number of hydrogen-bond donors (Lipinski definition) is 2. The normalized spacial score (nSPS) is 11.4. The number of anilines is 3. The second-order valence-corrected chi connectivity index (χ2v) is 5.16. The molecule has 0 fully saturated rings. The summed E-state index contributed by atoms with van der Waals surface area (Å²) in [5.41, 5.74) is -0.197. The zero-order valence-corrected chi connectivity index (χ0v) is 13.4. The van der Waals surface area contributed by atoms with Crippen LogP contribution >= 0.6 is 0 Å². The molecule has 1 aromatic carbocycles. The molecule has 0 bridgehead atoms. The predicted molar refractivity (Wildman–Crippen MR) is 86.5 cm³/mol. The highest BCUT2D eigenvalue weighted by Crippen LogP contribution is 2.35. The molecule has 0 unspecified atom stereocenters. The number of hydrogen-bond acceptors (Lipinski definition) is 5. The lowest BCUT2D eigenvalue weighted by atomic mass is 10.1. The summed E-state index contributed by atoms with van der Waals surface area (Å²) in [6, 6.07) is 6.96. The van der Waals surface area contributed by atoms with Gasteiger partial charge in [-0.15, -0.1) is 0 Å². The van der Waals surface area contributed by atoms with Crippen molar-refractivity contribution in [2.24, 2.45) is 0 Å². The number of halogens is 3. The maximum Gasteiger partial charge on any atom is 0.418 e. The molecule has 130 valence electrons. The molecule has 0 aliphatic heterocycles. The second-order valence-electron chi connectivity index (χ2n) is 5.16. The number of methoxy groups -OCH3 is 1. The average molecular weight is 340 g/mol. The van der Waals surface area contributed by atoms with E-state index < -0.39 is 11.7 Å². The van der Waals surface area contributed by atoms with Gasteiger partial charge in [0.05, 0.1) is 11.3 Å². The molecule has 0 aliphatic rings. The number of para-hydroxylation sites is 1. The Balaban J connectivity index is 2.17. The minimum atomic E-state index is -4.45. The molecule has 8 heteroatoms. The monoisotopic (exact) mass is 340 g/mol. The molecule has 5 nitrogen and oxygen atoms in total. The molecule has 1 heterocycles. The number of benzene rings is 1. The van der Waals surface area contributed by atoms with Gasteiger partial charge in [-0.1, -0.05) is 12.1 Å². The highest BCUT2D eigenvalue weighted by atomic mass is 19.4. The van der Waals surface area contributed by atoms with E-state index in [2.05, 4.69) is 20.6 Å². The van der Waals surface area contributed by atoms with Crippen molar-refractivity contribution >= 4 is 17.5 Å². The number of aryl methyl sites for hydroxylation is 1. The minimum absolute atomic E-state index is 0.0825. The van der Waals surface area contributed by atoms with E-state index in [1.54, 1.807) is 20.1 Å². The maximum absolute atomic E-state index is 13.0. The van der Waals surface area contributed by atoms with E-state index in [0.717, 1.165) is 12.5 Å². The predicted octanol–water partition coefficient (Wildman–Crippen LogP) is 4.00. The summed E-state index contributed by atoms with van der Waals surface area (Å²) in [5.74, 6) is 0.659. The molecule has 24 heavy (non-hydrogen) atoms. The lowest BCUT2D eigenvalue weighted by Crippen LogP contribution is -2.11. The molecule has 0 atom stereocenters. The van der Waals surface area contributed by atoms with Crippen LogP contribution in [0.1, 0.15) is 17.7 Å². The van der Waals surface area contributed by atoms with Gasteiger partial charge in [0.1, 0.15) is 5.82 Å². The smallest absolute Gasteiger partial charge is 0.385 e. The summed E-state index contributed by atoms with van der Waals surface area (Å²) in [6.07, 6.45) is -3.66. The van der Waals surface area contributed by atoms with E-state index >= 15 is 0 Å². The van der Waals surface area contributed by atoms with Gasteiger partial charge in [-0.25, -0.2) is 4.98 Å². The lowest BCUT2D eigenvalue weighted by Gasteiger charge is -2.14. The Labute approximate surface area is 138 Å². The molecule has 0 spiro atoms. The van der Waals surface area contributed by atoms with E-state index in [0.29, 0.717) is 24.7 Å². The Bertz CT molecular complexity index is 677. The van der Waals surface area contributed by atoms with Gasteiger partial charge in [0.15, 0.2) is 0 Å². The third-order valence-corrected chi connectivity index (χ3v) is 3.16. The van der Waals surface area contributed by atoms with E-state index in [1.807, 2.05) is 0 Å². The van der Waals surface area contributed by atoms with Crippen molar-refractivity contribution in [2.75, 3.05) is 30.9 Å². The molecule has 0 amide bonds. The van der Waals surface area contributed by atoms with Crippen LogP contribution in [0.2, 0.25) is 0 Å². The number of nitrogens with one attached hydrogen (secondary N) is 2.